The van der Waals surface area contributed by atoms with E-state index >= 15 is 0 Å². The fourth-order valence-corrected chi connectivity index (χ4v) is 3.38. The molecule has 3 rings (SSSR count). The molecule has 1 aromatic carbocycles. The van der Waals surface area contributed by atoms with Crippen LogP contribution in [0.3, 0.4) is 0 Å². The van der Waals surface area contributed by atoms with Gasteiger partial charge in [0.05, 0.1) is 0 Å². The van der Waals surface area contributed by atoms with Crippen molar-refractivity contribution in [1.29, 1.82) is 0 Å². The molecule has 2 aliphatic heterocycles. The van der Waals surface area contributed by atoms with Gasteiger partial charge in [-0.1, -0.05) is 26.0 Å². The molecule has 1 aromatic rings. The molecule has 22 heavy (non-hydrogen) atoms. The quantitative estimate of drug-likeness (QED) is 0.926. The first kappa shape index (κ1) is 15.6. The Morgan fingerprint density at radius 2 is 2.05 bits per heavy atom. The number of rotatable bonds is 4. The topological polar surface area (TPSA) is 38.5 Å². The number of piperidine rings is 1. The minimum Gasteiger partial charge on any atom is -0.482 e. The molecule has 120 valence electrons. The minimum atomic E-state index is -0.0917. The zero-order chi connectivity index (χ0) is 15.6. The number of hydrogen-bond acceptors (Lipinski definition) is 3. The highest BCUT2D eigenvalue weighted by Gasteiger charge is 2.36. The molecular formula is C19H28N2O. The van der Waals surface area contributed by atoms with Gasteiger partial charge in [-0.25, -0.2) is 0 Å². The summed E-state index contributed by atoms with van der Waals surface area (Å²) >= 11 is 0. The van der Waals surface area contributed by atoms with Gasteiger partial charge >= 0.3 is 0 Å². The Labute approximate surface area is 134 Å². The number of benzene rings is 1. The summed E-state index contributed by atoms with van der Waals surface area (Å²) in [6.07, 6.45) is 7.78. The number of nitrogens with two attached hydrogens (primary N) is 1. The van der Waals surface area contributed by atoms with Crippen molar-refractivity contribution in [3.05, 3.63) is 35.4 Å². The Morgan fingerprint density at radius 1 is 1.27 bits per heavy atom. The summed E-state index contributed by atoms with van der Waals surface area (Å²) < 4.78 is 6.41. The Kier molecular flexibility index (Phi) is 4.55. The van der Waals surface area contributed by atoms with E-state index < -0.39 is 0 Å². The Morgan fingerprint density at radius 3 is 2.73 bits per heavy atom. The highest BCUT2D eigenvalue weighted by molar-refractivity contribution is 5.62. The summed E-state index contributed by atoms with van der Waals surface area (Å²) in [6.45, 7) is 8.56. The molecule has 0 radical (unpaired) electrons. The fourth-order valence-electron chi connectivity index (χ4n) is 3.38. The van der Waals surface area contributed by atoms with Crippen molar-refractivity contribution in [2.45, 2.75) is 44.6 Å². The SMILES string of the molecule is CC(C)c1ccc2c(c1)C=CC1(CCN(CCCN)CC1)O2. The first-order chi connectivity index (χ1) is 10.6. The van der Waals surface area contributed by atoms with Crippen molar-refractivity contribution in [2.75, 3.05) is 26.2 Å². The zero-order valence-corrected chi connectivity index (χ0v) is 13.8. The molecule has 1 saturated heterocycles. The Bertz CT molecular complexity index is 542. The van der Waals surface area contributed by atoms with Gasteiger partial charge in [-0.3, -0.25) is 0 Å². The average molecular weight is 300 g/mol. The van der Waals surface area contributed by atoms with Crippen LogP contribution < -0.4 is 10.5 Å². The maximum Gasteiger partial charge on any atom is 0.130 e. The van der Waals surface area contributed by atoms with Crippen molar-refractivity contribution >= 4 is 6.08 Å². The van der Waals surface area contributed by atoms with Crippen LogP contribution >= 0.6 is 0 Å². The molecule has 3 nitrogen and oxygen atoms in total. The fraction of sp³-hybridized carbons (Fsp3) is 0.579. The normalized spacial score (nSPS) is 20.2. The molecule has 2 N–H and O–H groups in total. The van der Waals surface area contributed by atoms with Gasteiger partial charge in [0.2, 0.25) is 0 Å². The molecule has 1 spiro atoms. The Hall–Kier alpha value is -1.32. The van der Waals surface area contributed by atoms with E-state index in [2.05, 4.69) is 49.1 Å². The van der Waals surface area contributed by atoms with E-state index in [1.165, 1.54) is 11.1 Å². The van der Waals surface area contributed by atoms with E-state index in [9.17, 15) is 0 Å². The molecule has 0 aromatic heterocycles. The van der Waals surface area contributed by atoms with Crippen molar-refractivity contribution in [3.8, 4) is 5.75 Å². The van der Waals surface area contributed by atoms with E-state index in [1.54, 1.807) is 0 Å². The standard InChI is InChI=1S/C19H28N2O/c1-15(2)16-4-5-18-17(14-16)6-7-19(22-18)8-12-21(13-9-19)11-3-10-20/h4-7,14-15H,3,8-13,20H2,1-2H3. The van der Waals surface area contributed by atoms with Gasteiger partial charge in [-0.15, -0.1) is 0 Å². The van der Waals surface area contributed by atoms with Crippen LogP contribution in [0.2, 0.25) is 0 Å². The van der Waals surface area contributed by atoms with Gasteiger partial charge < -0.3 is 15.4 Å². The van der Waals surface area contributed by atoms with Crippen LogP contribution in [0.25, 0.3) is 6.08 Å². The lowest BCUT2D eigenvalue weighted by molar-refractivity contribution is 0.0386. The third-order valence-electron chi connectivity index (χ3n) is 4.96. The van der Waals surface area contributed by atoms with Gasteiger partial charge in [0.15, 0.2) is 0 Å². The molecule has 1 fully saturated rings. The van der Waals surface area contributed by atoms with E-state index in [0.29, 0.717) is 5.92 Å². The van der Waals surface area contributed by atoms with E-state index in [1.807, 2.05) is 0 Å². The third kappa shape index (κ3) is 3.21. The monoisotopic (exact) mass is 300 g/mol. The lowest BCUT2D eigenvalue weighted by Gasteiger charge is -2.42. The number of ether oxygens (including phenoxy) is 1. The van der Waals surface area contributed by atoms with Crippen LogP contribution in [-0.4, -0.2) is 36.7 Å². The van der Waals surface area contributed by atoms with Gasteiger partial charge in [0.1, 0.15) is 11.4 Å². The second kappa shape index (κ2) is 6.43. The number of fused-ring (bicyclic) bond motifs is 1. The van der Waals surface area contributed by atoms with Crippen LogP contribution in [0.15, 0.2) is 24.3 Å². The number of hydrogen-bond donors (Lipinski definition) is 1. The molecule has 0 amide bonds. The van der Waals surface area contributed by atoms with Gasteiger partial charge in [-0.05, 0) is 49.2 Å². The smallest absolute Gasteiger partial charge is 0.130 e. The van der Waals surface area contributed by atoms with Crippen LogP contribution in [-0.2, 0) is 0 Å². The highest BCUT2D eigenvalue weighted by Crippen LogP contribution is 2.38. The lowest BCUT2D eigenvalue weighted by atomic mass is 9.87. The summed E-state index contributed by atoms with van der Waals surface area (Å²) in [5, 5.41) is 0. The largest absolute Gasteiger partial charge is 0.482 e. The van der Waals surface area contributed by atoms with E-state index in [4.69, 9.17) is 10.5 Å². The molecule has 0 bridgehead atoms. The lowest BCUT2D eigenvalue weighted by Crippen LogP contribution is -2.47. The van der Waals surface area contributed by atoms with Gasteiger partial charge in [-0.2, -0.15) is 0 Å². The summed E-state index contributed by atoms with van der Waals surface area (Å²) in [5.41, 5.74) is 8.11. The number of nitrogens with zero attached hydrogens (tertiary/aromatic N) is 1. The summed E-state index contributed by atoms with van der Waals surface area (Å²) in [7, 11) is 0. The third-order valence-corrected chi connectivity index (χ3v) is 4.96. The molecule has 2 heterocycles. The minimum absolute atomic E-state index is 0.0917. The van der Waals surface area contributed by atoms with Gasteiger partial charge in [0.25, 0.3) is 0 Å². The van der Waals surface area contributed by atoms with Crippen molar-refractivity contribution in [3.63, 3.8) is 0 Å². The van der Waals surface area contributed by atoms with Crippen LogP contribution in [0.5, 0.6) is 5.75 Å². The first-order valence-electron chi connectivity index (χ1n) is 8.56. The molecule has 2 aliphatic rings. The van der Waals surface area contributed by atoms with E-state index in [0.717, 1.165) is 51.2 Å². The van der Waals surface area contributed by atoms with E-state index in [-0.39, 0.29) is 5.60 Å². The van der Waals surface area contributed by atoms with Crippen molar-refractivity contribution < 1.29 is 4.74 Å². The number of likely N-dealkylation sites (tertiary alicyclic amines) is 1. The summed E-state index contributed by atoms with van der Waals surface area (Å²) in [5.74, 6) is 1.60. The average Bonchev–Trinajstić information content (AvgIpc) is 2.54. The van der Waals surface area contributed by atoms with Crippen molar-refractivity contribution in [2.24, 2.45) is 5.73 Å². The first-order valence-corrected chi connectivity index (χ1v) is 8.56. The van der Waals surface area contributed by atoms with Crippen LogP contribution in [0, 0.1) is 0 Å². The Balaban J connectivity index is 1.68. The predicted molar refractivity (Wildman–Crippen MR) is 92.3 cm³/mol. The highest BCUT2D eigenvalue weighted by atomic mass is 16.5. The summed E-state index contributed by atoms with van der Waals surface area (Å²) in [6, 6.07) is 6.61. The predicted octanol–water partition coefficient (Wildman–Crippen LogP) is 3.40. The molecule has 0 saturated carbocycles. The molecule has 0 aliphatic carbocycles. The summed E-state index contributed by atoms with van der Waals surface area (Å²) in [4.78, 5) is 2.51. The maximum atomic E-state index is 6.41. The molecule has 0 atom stereocenters. The maximum absolute atomic E-state index is 6.41. The second-order valence-corrected chi connectivity index (χ2v) is 6.94. The second-order valence-electron chi connectivity index (χ2n) is 6.94. The molecular weight excluding hydrogens is 272 g/mol. The van der Waals surface area contributed by atoms with Crippen LogP contribution in [0.4, 0.5) is 0 Å². The zero-order valence-electron chi connectivity index (χ0n) is 13.8. The molecule has 0 unspecified atom stereocenters. The van der Waals surface area contributed by atoms with Crippen LogP contribution in [0.1, 0.15) is 50.2 Å². The molecule has 3 heteroatoms. The van der Waals surface area contributed by atoms with Crippen molar-refractivity contribution in [1.82, 2.24) is 4.90 Å². The van der Waals surface area contributed by atoms with Gasteiger partial charge in [0, 0.05) is 31.5 Å².